The smallest absolute Gasteiger partial charge is 0.408 e. The number of amides is 1. The van der Waals surface area contributed by atoms with E-state index in [1.54, 1.807) is 10.6 Å². The highest BCUT2D eigenvalue weighted by Gasteiger charge is 2.45. The minimum atomic E-state index is -0.498. The summed E-state index contributed by atoms with van der Waals surface area (Å²) in [6.07, 6.45) is 2.67. The van der Waals surface area contributed by atoms with Crippen LogP contribution in [0.5, 0.6) is 0 Å². The quantitative estimate of drug-likeness (QED) is 0.726. The summed E-state index contributed by atoms with van der Waals surface area (Å²) in [6, 6.07) is 14.6. The van der Waals surface area contributed by atoms with E-state index in [-0.39, 0.29) is 11.9 Å². The standard InChI is InChI=1S/C21H21ClN2O3/c1-14(13-24-17-5-2-3-6-18(17)27-20(24)26)23-19(25)21(11-4-12-21)15-7-9-16(22)10-8-15/h2-3,5-10,14H,4,11-13H2,1H3,(H,23,25)/t14-/m1/s1. The summed E-state index contributed by atoms with van der Waals surface area (Å²) in [6.45, 7) is 2.26. The molecule has 5 nitrogen and oxygen atoms in total. The summed E-state index contributed by atoms with van der Waals surface area (Å²) in [5, 5.41) is 3.75. The number of nitrogens with one attached hydrogen (secondary N) is 1. The Kier molecular flexibility index (Phi) is 4.56. The first-order valence-electron chi connectivity index (χ1n) is 9.15. The molecule has 1 N–H and O–H groups in total. The van der Waals surface area contributed by atoms with Gasteiger partial charge in [0.1, 0.15) is 0 Å². The largest absolute Gasteiger partial charge is 0.420 e. The number of para-hydroxylation sites is 2. The summed E-state index contributed by atoms with van der Waals surface area (Å²) < 4.78 is 6.83. The Balaban J connectivity index is 1.52. The zero-order valence-electron chi connectivity index (χ0n) is 15.1. The summed E-state index contributed by atoms with van der Waals surface area (Å²) in [5.74, 6) is -0.405. The second kappa shape index (κ2) is 6.89. The Bertz CT molecular complexity index is 1030. The van der Waals surface area contributed by atoms with E-state index in [9.17, 15) is 9.59 Å². The number of rotatable bonds is 5. The summed E-state index contributed by atoms with van der Waals surface area (Å²) in [4.78, 5) is 25.2. The average molecular weight is 385 g/mol. The molecule has 6 heteroatoms. The monoisotopic (exact) mass is 384 g/mol. The van der Waals surface area contributed by atoms with Crippen LogP contribution < -0.4 is 11.1 Å². The molecular formula is C21H21ClN2O3. The van der Waals surface area contributed by atoms with E-state index in [1.807, 2.05) is 49.4 Å². The van der Waals surface area contributed by atoms with E-state index >= 15 is 0 Å². The number of carbonyl (C=O) groups is 1. The van der Waals surface area contributed by atoms with Gasteiger partial charge in [-0.2, -0.15) is 0 Å². The SMILES string of the molecule is C[C@H](Cn1c(=O)oc2ccccc21)NC(=O)C1(c2ccc(Cl)cc2)CCC1. The lowest BCUT2D eigenvalue weighted by Crippen LogP contribution is -2.52. The number of hydrogen-bond acceptors (Lipinski definition) is 3. The van der Waals surface area contributed by atoms with Crippen LogP contribution in [0.15, 0.2) is 57.7 Å². The number of halogens is 1. The van der Waals surface area contributed by atoms with Crippen molar-refractivity contribution in [2.24, 2.45) is 0 Å². The fourth-order valence-electron chi connectivity index (χ4n) is 3.81. The zero-order valence-corrected chi connectivity index (χ0v) is 15.8. The first kappa shape index (κ1) is 17.9. The van der Waals surface area contributed by atoms with Gasteiger partial charge in [0, 0.05) is 17.6 Å². The Morgan fingerprint density at radius 2 is 1.93 bits per heavy atom. The summed E-state index contributed by atoms with van der Waals surface area (Å²) >= 11 is 5.99. The van der Waals surface area contributed by atoms with Gasteiger partial charge in [-0.25, -0.2) is 4.79 Å². The average Bonchev–Trinajstić information content (AvgIpc) is 2.91. The number of benzene rings is 2. The van der Waals surface area contributed by atoms with Gasteiger partial charge in [-0.1, -0.05) is 42.3 Å². The van der Waals surface area contributed by atoms with Crippen molar-refractivity contribution in [3.05, 3.63) is 69.7 Å². The van der Waals surface area contributed by atoms with Crippen molar-refractivity contribution in [2.75, 3.05) is 0 Å². The number of nitrogens with zero attached hydrogens (tertiary/aromatic N) is 1. The van der Waals surface area contributed by atoms with Crippen LogP contribution in [-0.2, 0) is 16.8 Å². The van der Waals surface area contributed by atoms with Crippen LogP contribution >= 0.6 is 11.6 Å². The first-order valence-corrected chi connectivity index (χ1v) is 9.53. The molecule has 4 rings (SSSR count). The molecule has 0 bridgehead atoms. The molecule has 2 aromatic carbocycles. The molecule has 1 aliphatic rings. The second-order valence-corrected chi connectivity index (χ2v) is 7.70. The predicted molar refractivity (Wildman–Crippen MR) is 105 cm³/mol. The van der Waals surface area contributed by atoms with Gasteiger partial charge < -0.3 is 9.73 Å². The molecule has 1 aromatic heterocycles. The summed E-state index contributed by atoms with van der Waals surface area (Å²) in [5.41, 5.74) is 1.79. The molecule has 0 unspecified atom stereocenters. The van der Waals surface area contributed by atoms with E-state index in [0.29, 0.717) is 17.2 Å². The van der Waals surface area contributed by atoms with Crippen LogP contribution in [0.25, 0.3) is 11.1 Å². The first-order chi connectivity index (χ1) is 13.0. The van der Waals surface area contributed by atoms with E-state index < -0.39 is 11.2 Å². The lowest BCUT2D eigenvalue weighted by atomic mass is 9.63. The highest BCUT2D eigenvalue weighted by Crippen LogP contribution is 2.44. The van der Waals surface area contributed by atoms with Gasteiger partial charge in [-0.15, -0.1) is 0 Å². The van der Waals surface area contributed by atoms with Gasteiger partial charge in [0.25, 0.3) is 0 Å². The van der Waals surface area contributed by atoms with E-state index in [2.05, 4.69) is 5.32 Å². The second-order valence-electron chi connectivity index (χ2n) is 7.26. The third-order valence-corrected chi connectivity index (χ3v) is 5.70. The zero-order chi connectivity index (χ0) is 19.0. The Morgan fingerprint density at radius 3 is 2.59 bits per heavy atom. The molecule has 140 valence electrons. The van der Waals surface area contributed by atoms with Crippen LogP contribution in [0.1, 0.15) is 31.7 Å². The fourth-order valence-corrected chi connectivity index (χ4v) is 3.94. The Labute approximate surface area is 161 Å². The highest BCUT2D eigenvalue weighted by atomic mass is 35.5. The molecule has 0 spiro atoms. The molecule has 1 aliphatic carbocycles. The molecule has 1 fully saturated rings. The molecule has 1 heterocycles. The molecule has 27 heavy (non-hydrogen) atoms. The van der Waals surface area contributed by atoms with Crippen molar-refractivity contribution in [1.29, 1.82) is 0 Å². The number of fused-ring (bicyclic) bond motifs is 1. The number of oxazole rings is 1. The number of aromatic nitrogens is 1. The van der Waals surface area contributed by atoms with Gasteiger partial charge in [-0.3, -0.25) is 9.36 Å². The maximum absolute atomic E-state index is 13.1. The lowest BCUT2D eigenvalue weighted by molar-refractivity contribution is -0.130. The van der Waals surface area contributed by atoms with Gasteiger partial charge in [0.15, 0.2) is 5.58 Å². The third kappa shape index (κ3) is 3.16. The van der Waals surface area contributed by atoms with Crippen molar-refractivity contribution in [2.45, 2.75) is 44.2 Å². The topological polar surface area (TPSA) is 64.2 Å². The minimum absolute atomic E-state index is 0.00409. The molecule has 0 saturated heterocycles. The van der Waals surface area contributed by atoms with E-state index in [4.69, 9.17) is 16.0 Å². The van der Waals surface area contributed by atoms with Crippen molar-refractivity contribution in [3.8, 4) is 0 Å². The van der Waals surface area contributed by atoms with Crippen LogP contribution in [0, 0.1) is 0 Å². The maximum atomic E-state index is 13.1. The predicted octanol–water partition coefficient (Wildman–Crippen LogP) is 3.87. The van der Waals surface area contributed by atoms with Crippen molar-refractivity contribution >= 4 is 28.6 Å². The van der Waals surface area contributed by atoms with Gasteiger partial charge in [0.05, 0.1) is 10.9 Å². The van der Waals surface area contributed by atoms with Crippen LogP contribution in [0.2, 0.25) is 5.02 Å². The number of carbonyl (C=O) groups excluding carboxylic acids is 1. The van der Waals surface area contributed by atoms with Gasteiger partial charge in [0.2, 0.25) is 5.91 Å². The normalized spacial score (nSPS) is 16.7. The van der Waals surface area contributed by atoms with E-state index in [0.717, 1.165) is 30.3 Å². The Morgan fingerprint density at radius 1 is 1.22 bits per heavy atom. The fraction of sp³-hybridized carbons (Fsp3) is 0.333. The molecule has 1 saturated carbocycles. The molecule has 3 aromatic rings. The molecule has 1 amide bonds. The van der Waals surface area contributed by atoms with Crippen molar-refractivity contribution < 1.29 is 9.21 Å². The molecule has 0 radical (unpaired) electrons. The maximum Gasteiger partial charge on any atom is 0.420 e. The lowest BCUT2D eigenvalue weighted by Gasteiger charge is -2.41. The highest BCUT2D eigenvalue weighted by molar-refractivity contribution is 6.30. The molecule has 1 atom stereocenters. The number of hydrogen-bond donors (Lipinski definition) is 1. The van der Waals surface area contributed by atoms with Gasteiger partial charge >= 0.3 is 5.76 Å². The van der Waals surface area contributed by atoms with Crippen molar-refractivity contribution in [1.82, 2.24) is 9.88 Å². The third-order valence-electron chi connectivity index (χ3n) is 5.45. The van der Waals surface area contributed by atoms with Crippen molar-refractivity contribution in [3.63, 3.8) is 0 Å². The van der Waals surface area contributed by atoms with Crippen LogP contribution in [-0.4, -0.2) is 16.5 Å². The minimum Gasteiger partial charge on any atom is -0.408 e. The van der Waals surface area contributed by atoms with E-state index in [1.165, 1.54) is 0 Å². The van der Waals surface area contributed by atoms with Crippen LogP contribution in [0.4, 0.5) is 0 Å². The van der Waals surface area contributed by atoms with Gasteiger partial charge in [-0.05, 0) is 49.6 Å². The molecular weight excluding hydrogens is 364 g/mol. The van der Waals surface area contributed by atoms with Crippen LogP contribution in [0.3, 0.4) is 0 Å². The molecule has 0 aliphatic heterocycles. The Hall–Kier alpha value is -2.53. The summed E-state index contributed by atoms with van der Waals surface area (Å²) in [7, 11) is 0.